The molecule has 0 saturated carbocycles. The van der Waals surface area contributed by atoms with Crippen molar-refractivity contribution in [2.45, 2.75) is 44.6 Å². The van der Waals surface area contributed by atoms with E-state index in [1.54, 1.807) is 0 Å². The molecule has 2 aromatic carbocycles. The van der Waals surface area contributed by atoms with Gasteiger partial charge in [-0.25, -0.2) is 0 Å². The number of nitrogens with zero attached hydrogens (tertiary/aromatic N) is 1. The highest BCUT2D eigenvalue weighted by atomic mass is 16.3. The molecule has 2 aromatic rings. The molecule has 122 valence electrons. The van der Waals surface area contributed by atoms with E-state index in [2.05, 4.69) is 55.3 Å². The van der Waals surface area contributed by atoms with Crippen LogP contribution in [-0.4, -0.2) is 29.6 Å². The fourth-order valence-corrected chi connectivity index (χ4v) is 3.79. The first-order valence-corrected chi connectivity index (χ1v) is 8.70. The van der Waals surface area contributed by atoms with Crippen LogP contribution in [0, 0.1) is 6.92 Å². The van der Waals surface area contributed by atoms with Gasteiger partial charge in [-0.15, -0.1) is 0 Å². The van der Waals surface area contributed by atoms with Crippen molar-refractivity contribution in [1.29, 1.82) is 0 Å². The molecule has 1 aliphatic heterocycles. The Labute approximate surface area is 139 Å². The maximum absolute atomic E-state index is 10.4. The molecule has 0 aliphatic carbocycles. The van der Waals surface area contributed by atoms with E-state index in [0.717, 1.165) is 12.0 Å². The summed E-state index contributed by atoms with van der Waals surface area (Å²) in [5.41, 5.74) is 3.57. The van der Waals surface area contributed by atoms with Crippen LogP contribution in [0.15, 0.2) is 48.5 Å². The van der Waals surface area contributed by atoms with Crippen molar-refractivity contribution in [3.8, 4) is 5.75 Å². The minimum atomic E-state index is 0.252. The zero-order valence-corrected chi connectivity index (χ0v) is 14.2. The van der Waals surface area contributed by atoms with E-state index in [9.17, 15) is 5.11 Å². The number of rotatable bonds is 4. The topological polar surface area (TPSA) is 23.5 Å². The van der Waals surface area contributed by atoms with Crippen molar-refractivity contribution >= 4 is 0 Å². The zero-order chi connectivity index (χ0) is 16.2. The van der Waals surface area contributed by atoms with Gasteiger partial charge in [-0.2, -0.15) is 0 Å². The van der Waals surface area contributed by atoms with Gasteiger partial charge >= 0.3 is 0 Å². The molecule has 1 heterocycles. The van der Waals surface area contributed by atoms with E-state index < -0.39 is 0 Å². The molecule has 0 aromatic heterocycles. The summed E-state index contributed by atoms with van der Waals surface area (Å²) in [5, 5.41) is 10.4. The molecule has 2 unspecified atom stereocenters. The molecule has 1 N–H and O–H groups in total. The molecule has 1 aliphatic rings. The molecule has 1 saturated heterocycles. The van der Waals surface area contributed by atoms with E-state index in [1.165, 1.54) is 36.9 Å². The number of hydrogen-bond donors (Lipinski definition) is 1. The molecule has 2 heteroatoms. The van der Waals surface area contributed by atoms with Gasteiger partial charge in [0.15, 0.2) is 0 Å². The predicted octanol–water partition coefficient (Wildman–Crippen LogP) is 4.71. The van der Waals surface area contributed by atoms with Crippen LogP contribution in [0.25, 0.3) is 0 Å². The molecule has 2 nitrogen and oxygen atoms in total. The first-order chi connectivity index (χ1) is 11.1. The summed E-state index contributed by atoms with van der Waals surface area (Å²) in [5.74, 6) is 0.671. The third kappa shape index (κ3) is 3.76. The molecular weight excluding hydrogens is 282 g/mol. The van der Waals surface area contributed by atoms with Gasteiger partial charge in [0.1, 0.15) is 5.75 Å². The number of hydrogen-bond acceptors (Lipinski definition) is 2. The Morgan fingerprint density at radius 2 is 1.91 bits per heavy atom. The summed E-state index contributed by atoms with van der Waals surface area (Å²) in [6.45, 7) is 3.28. The van der Waals surface area contributed by atoms with E-state index in [4.69, 9.17) is 0 Å². The van der Waals surface area contributed by atoms with Crippen molar-refractivity contribution in [2.24, 2.45) is 0 Å². The van der Waals surface area contributed by atoms with Crippen LogP contribution >= 0.6 is 0 Å². The molecule has 0 bridgehead atoms. The first kappa shape index (κ1) is 16.1. The Balaban J connectivity index is 1.95. The zero-order valence-electron chi connectivity index (χ0n) is 14.2. The Morgan fingerprint density at radius 1 is 1.13 bits per heavy atom. The average Bonchev–Trinajstić information content (AvgIpc) is 2.57. The van der Waals surface area contributed by atoms with Crippen LogP contribution in [0.2, 0.25) is 0 Å². The Morgan fingerprint density at radius 3 is 2.65 bits per heavy atom. The normalized spacial score (nSPS) is 20.3. The third-order valence-corrected chi connectivity index (χ3v) is 5.19. The number of aryl methyl sites for hydroxylation is 1. The van der Waals surface area contributed by atoms with Crippen molar-refractivity contribution in [1.82, 2.24) is 4.90 Å². The monoisotopic (exact) mass is 309 g/mol. The summed E-state index contributed by atoms with van der Waals surface area (Å²) < 4.78 is 0. The van der Waals surface area contributed by atoms with Crippen LogP contribution < -0.4 is 0 Å². The van der Waals surface area contributed by atoms with Gasteiger partial charge in [0.05, 0.1) is 0 Å². The quantitative estimate of drug-likeness (QED) is 0.884. The lowest BCUT2D eigenvalue weighted by molar-refractivity contribution is 0.171. The highest BCUT2D eigenvalue weighted by Gasteiger charge is 2.26. The fourth-order valence-electron chi connectivity index (χ4n) is 3.79. The second kappa shape index (κ2) is 7.18. The number of likely N-dealkylation sites (tertiary alicyclic amines) is 1. The Bertz CT molecular complexity index is 638. The minimum Gasteiger partial charge on any atom is -0.508 e. The molecule has 0 radical (unpaired) electrons. The van der Waals surface area contributed by atoms with Gasteiger partial charge in [-0.3, -0.25) is 0 Å². The van der Waals surface area contributed by atoms with Crippen LogP contribution in [0.4, 0.5) is 0 Å². The minimum absolute atomic E-state index is 0.252. The SMILES string of the molecule is Cc1ccc(O)c(C(CC2CCCCN2C)c2ccccc2)c1. The number of benzene rings is 2. The van der Waals surface area contributed by atoms with Crippen LogP contribution in [0.1, 0.15) is 48.3 Å². The number of piperidine rings is 1. The Kier molecular flexibility index (Phi) is 5.02. The maximum Gasteiger partial charge on any atom is 0.119 e. The lowest BCUT2D eigenvalue weighted by atomic mass is 9.82. The van der Waals surface area contributed by atoms with Crippen molar-refractivity contribution in [3.05, 3.63) is 65.2 Å². The number of phenolic OH excluding ortho intramolecular Hbond substituents is 1. The van der Waals surface area contributed by atoms with E-state index in [-0.39, 0.29) is 5.92 Å². The molecule has 3 rings (SSSR count). The summed E-state index contributed by atoms with van der Waals surface area (Å²) in [7, 11) is 2.24. The standard InChI is InChI=1S/C21H27NO/c1-16-11-12-21(23)20(14-16)19(17-8-4-3-5-9-17)15-18-10-6-7-13-22(18)2/h3-5,8-9,11-12,14,18-19,23H,6-7,10,13,15H2,1-2H3. The molecule has 23 heavy (non-hydrogen) atoms. The Hall–Kier alpha value is -1.80. The van der Waals surface area contributed by atoms with E-state index >= 15 is 0 Å². The van der Waals surface area contributed by atoms with Crippen molar-refractivity contribution in [2.75, 3.05) is 13.6 Å². The molecule has 0 spiro atoms. The molecule has 1 fully saturated rings. The average molecular weight is 309 g/mol. The van der Waals surface area contributed by atoms with Gasteiger partial charge in [-0.1, -0.05) is 54.4 Å². The number of phenols is 1. The van der Waals surface area contributed by atoms with Gasteiger partial charge in [0.25, 0.3) is 0 Å². The maximum atomic E-state index is 10.4. The van der Waals surface area contributed by atoms with Crippen LogP contribution in [-0.2, 0) is 0 Å². The van der Waals surface area contributed by atoms with Crippen LogP contribution in [0.3, 0.4) is 0 Å². The first-order valence-electron chi connectivity index (χ1n) is 8.70. The summed E-state index contributed by atoms with van der Waals surface area (Å²) in [6, 6.07) is 17.2. The van der Waals surface area contributed by atoms with Crippen molar-refractivity contribution < 1.29 is 5.11 Å². The van der Waals surface area contributed by atoms with Gasteiger partial charge in [-0.05, 0) is 51.4 Å². The highest BCUT2D eigenvalue weighted by molar-refractivity contribution is 5.43. The molecular formula is C21H27NO. The summed E-state index contributed by atoms with van der Waals surface area (Å²) >= 11 is 0. The molecule has 0 amide bonds. The lowest BCUT2D eigenvalue weighted by Crippen LogP contribution is -2.37. The molecule has 2 atom stereocenters. The van der Waals surface area contributed by atoms with Gasteiger partial charge < -0.3 is 10.0 Å². The van der Waals surface area contributed by atoms with Gasteiger partial charge in [0, 0.05) is 17.5 Å². The number of aromatic hydroxyl groups is 1. The van der Waals surface area contributed by atoms with Gasteiger partial charge in [0.2, 0.25) is 0 Å². The predicted molar refractivity (Wildman–Crippen MR) is 96.0 cm³/mol. The second-order valence-electron chi connectivity index (χ2n) is 6.89. The lowest BCUT2D eigenvalue weighted by Gasteiger charge is -2.35. The smallest absolute Gasteiger partial charge is 0.119 e. The van der Waals surface area contributed by atoms with Crippen molar-refractivity contribution in [3.63, 3.8) is 0 Å². The highest BCUT2D eigenvalue weighted by Crippen LogP contribution is 2.37. The van der Waals surface area contributed by atoms with E-state index in [0.29, 0.717) is 11.8 Å². The van der Waals surface area contributed by atoms with E-state index in [1.807, 2.05) is 12.1 Å². The summed E-state index contributed by atoms with van der Waals surface area (Å²) in [4.78, 5) is 2.49. The second-order valence-corrected chi connectivity index (χ2v) is 6.89. The van der Waals surface area contributed by atoms with Crippen LogP contribution in [0.5, 0.6) is 5.75 Å². The fraction of sp³-hybridized carbons (Fsp3) is 0.429. The largest absolute Gasteiger partial charge is 0.508 e. The third-order valence-electron chi connectivity index (χ3n) is 5.19. The summed E-state index contributed by atoms with van der Waals surface area (Å²) in [6.07, 6.45) is 4.94.